The van der Waals surface area contributed by atoms with Gasteiger partial charge in [-0.15, -0.1) is 12.4 Å². The average molecular weight is 447 g/mol. The van der Waals surface area contributed by atoms with Crippen molar-refractivity contribution in [3.05, 3.63) is 59.4 Å². The van der Waals surface area contributed by atoms with E-state index in [1.807, 2.05) is 0 Å². The summed E-state index contributed by atoms with van der Waals surface area (Å²) in [5.41, 5.74) is 0.618. The first-order valence-electron chi connectivity index (χ1n) is 9.17. The maximum absolute atomic E-state index is 15.1. The molecule has 2 aromatic carbocycles. The Bertz CT molecular complexity index is 993. The predicted octanol–water partition coefficient (Wildman–Crippen LogP) is 3.40. The van der Waals surface area contributed by atoms with Crippen molar-refractivity contribution in [3.63, 3.8) is 0 Å². The van der Waals surface area contributed by atoms with Crippen LogP contribution in [0.2, 0.25) is 0 Å². The van der Waals surface area contributed by atoms with Crippen LogP contribution in [0.1, 0.15) is 18.4 Å². The van der Waals surface area contributed by atoms with Crippen molar-refractivity contribution < 1.29 is 21.6 Å². The quantitative estimate of drug-likeness (QED) is 0.740. The van der Waals surface area contributed by atoms with Crippen LogP contribution in [-0.4, -0.2) is 32.8 Å². The topological polar surface area (TPSA) is 58.2 Å². The molecule has 2 aliphatic heterocycles. The minimum absolute atomic E-state index is 0. The van der Waals surface area contributed by atoms with E-state index < -0.39 is 27.5 Å². The van der Waals surface area contributed by atoms with Crippen LogP contribution >= 0.6 is 12.4 Å². The molecule has 0 aromatic heterocycles. The Balaban J connectivity index is 0.00000240. The smallest absolute Gasteiger partial charge is 0.209 e. The predicted molar refractivity (Wildman–Crippen MR) is 108 cm³/mol. The number of piperidine rings is 2. The summed E-state index contributed by atoms with van der Waals surface area (Å²) in [6.07, 6.45) is 3.19. The van der Waals surface area contributed by atoms with Gasteiger partial charge in [-0.2, -0.15) is 0 Å². The molecule has 2 N–H and O–H groups in total. The summed E-state index contributed by atoms with van der Waals surface area (Å²) in [4.78, 5) is 0. The fraction of sp³-hybridized carbons (Fsp3) is 0.400. The second kappa shape index (κ2) is 8.26. The first-order valence-corrected chi connectivity index (χ1v) is 11.1. The molecule has 2 atom stereocenters. The average Bonchev–Trinajstić information content (AvgIpc) is 2.54. The molecule has 2 heterocycles. The van der Waals surface area contributed by atoms with Crippen molar-refractivity contribution >= 4 is 22.4 Å². The van der Waals surface area contributed by atoms with Crippen molar-refractivity contribution in [3.8, 4) is 11.1 Å². The molecule has 1 saturated carbocycles. The lowest BCUT2D eigenvalue weighted by Crippen LogP contribution is -2.67. The van der Waals surface area contributed by atoms with E-state index >= 15 is 4.39 Å². The first kappa shape index (κ1) is 22.1. The highest BCUT2D eigenvalue weighted by atomic mass is 35.5. The zero-order chi connectivity index (χ0) is 20.1. The Hall–Kier alpha value is -1.61. The second-order valence-corrected chi connectivity index (χ2v) is 9.54. The van der Waals surface area contributed by atoms with Gasteiger partial charge in [0.1, 0.15) is 17.5 Å². The van der Waals surface area contributed by atoms with Crippen LogP contribution < -0.4 is 10.0 Å². The summed E-state index contributed by atoms with van der Waals surface area (Å²) >= 11 is 0. The largest absolute Gasteiger partial charge is 0.309 e. The molecular weight excluding hydrogens is 425 g/mol. The van der Waals surface area contributed by atoms with E-state index in [1.165, 1.54) is 6.07 Å². The van der Waals surface area contributed by atoms with Gasteiger partial charge >= 0.3 is 0 Å². The number of hydrogen-bond donors (Lipinski definition) is 2. The van der Waals surface area contributed by atoms with Gasteiger partial charge in [-0.05, 0) is 48.4 Å². The SMILES string of the molecule is CS(=O)(=O)N[C@H]1C2CC(C2)N[C@H]1Cc1cccc(-c2cc(F)cc(F)c2)c1F.Cl. The molecular formula is C20H22ClF3N2O2S. The van der Waals surface area contributed by atoms with Gasteiger partial charge in [0.25, 0.3) is 0 Å². The Morgan fingerprint density at radius 2 is 1.76 bits per heavy atom. The van der Waals surface area contributed by atoms with Crippen LogP contribution in [0.5, 0.6) is 0 Å². The van der Waals surface area contributed by atoms with E-state index in [9.17, 15) is 17.2 Å². The van der Waals surface area contributed by atoms with Gasteiger partial charge in [0.2, 0.25) is 10.0 Å². The lowest BCUT2D eigenvalue weighted by atomic mass is 9.68. The molecule has 158 valence electrons. The number of halogens is 4. The van der Waals surface area contributed by atoms with E-state index in [0.717, 1.165) is 37.3 Å². The molecule has 0 unspecified atom stereocenters. The molecule has 3 fully saturated rings. The van der Waals surface area contributed by atoms with Crippen LogP contribution in [0.4, 0.5) is 13.2 Å². The van der Waals surface area contributed by atoms with Gasteiger partial charge in [0.05, 0.1) is 6.26 Å². The van der Waals surface area contributed by atoms with E-state index in [1.54, 1.807) is 12.1 Å². The number of hydrogen-bond acceptors (Lipinski definition) is 3. The van der Waals surface area contributed by atoms with Crippen LogP contribution in [0.25, 0.3) is 11.1 Å². The molecule has 5 rings (SSSR count). The lowest BCUT2D eigenvalue weighted by Gasteiger charge is -2.52. The van der Waals surface area contributed by atoms with E-state index in [4.69, 9.17) is 0 Å². The molecule has 1 aliphatic carbocycles. The van der Waals surface area contributed by atoms with Crippen molar-refractivity contribution in [1.29, 1.82) is 0 Å². The summed E-state index contributed by atoms with van der Waals surface area (Å²) in [7, 11) is -3.40. The minimum atomic E-state index is -3.40. The van der Waals surface area contributed by atoms with Crippen LogP contribution in [0.3, 0.4) is 0 Å². The molecule has 2 bridgehead atoms. The van der Waals surface area contributed by atoms with Crippen LogP contribution in [-0.2, 0) is 16.4 Å². The molecule has 0 spiro atoms. The van der Waals surface area contributed by atoms with Crippen LogP contribution in [0, 0.1) is 23.4 Å². The van der Waals surface area contributed by atoms with E-state index in [-0.39, 0.29) is 48.0 Å². The highest BCUT2D eigenvalue weighted by Gasteiger charge is 2.46. The van der Waals surface area contributed by atoms with Gasteiger partial charge < -0.3 is 5.32 Å². The van der Waals surface area contributed by atoms with E-state index in [0.29, 0.717) is 11.6 Å². The number of benzene rings is 2. The van der Waals surface area contributed by atoms with Crippen molar-refractivity contribution in [2.24, 2.45) is 5.92 Å². The van der Waals surface area contributed by atoms with Gasteiger partial charge in [-0.25, -0.2) is 26.3 Å². The lowest BCUT2D eigenvalue weighted by molar-refractivity contribution is 0.0809. The van der Waals surface area contributed by atoms with E-state index in [2.05, 4.69) is 10.0 Å². The van der Waals surface area contributed by atoms with Crippen LogP contribution in [0.15, 0.2) is 36.4 Å². The summed E-state index contributed by atoms with van der Waals surface area (Å²) < 4.78 is 68.4. The summed E-state index contributed by atoms with van der Waals surface area (Å²) in [6, 6.07) is 7.41. The van der Waals surface area contributed by atoms with Crippen molar-refractivity contribution in [2.45, 2.75) is 37.4 Å². The normalized spacial score (nSPS) is 25.8. The third-order valence-electron chi connectivity index (χ3n) is 5.61. The monoisotopic (exact) mass is 446 g/mol. The maximum Gasteiger partial charge on any atom is 0.209 e. The highest BCUT2D eigenvalue weighted by molar-refractivity contribution is 7.88. The first-order chi connectivity index (χ1) is 13.2. The zero-order valence-corrected chi connectivity index (χ0v) is 17.3. The molecule has 3 aliphatic rings. The highest BCUT2D eigenvalue weighted by Crippen LogP contribution is 2.38. The minimum Gasteiger partial charge on any atom is -0.309 e. The fourth-order valence-electron chi connectivity index (χ4n) is 4.34. The van der Waals surface area contributed by atoms with Gasteiger partial charge in [-0.1, -0.05) is 18.2 Å². The maximum atomic E-state index is 15.1. The summed E-state index contributed by atoms with van der Waals surface area (Å²) in [6.45, 7) is 0. The van der Waals surface area contributed by atoms with Crippen molar-refractivity contribution in [2.75, 3.05) is 6.26 Å². The van der Waals surface area contributed by atoms with Gasteiger partial charge in [0, 0.05) is 29.8 Å². The fourth-order valence-corrected chi connectivity index (χ4v) is 5.20. The third-order valence-corrected chi connectivity index (χ3v) is 6.31. The zero-order valence-electron chi connectivity index (χ0n) is 15.7. The Labute approximate surface area is 174 Å². The van der Waals surface area contributed by atoms with Gasteiger partial charge in [-0.3, -0.25) is 0 Å². The summed E-state index contributed by atoms with van der Waals surface area (Å²) in [5.74, 6) is -1.86. The third kappa shape index (κ3) is 4.77. The Morgan fingerprint density at radius 3 is 2.38 bits per heavy atom. The molecule has 0 amide bonds. The Kier molecular flexibility index (Phi) is 6.29. The standard InChI is InChI=1S/C20H21F3N2O2S.ClH/c1-28(26,27)25-20-13-7-16(8-13)24-18(20)9-11-3-2-4-17(19(11)23)12-5-14(21)10-15(22)6-12;/h2-6,10,13,16,18,20,24-25H,7-9H2,1H3;1H/t13?,16?,18-,20-;/m0./s1. The van der Waals surface area contributed by atoms with Crippen molar-refractivity contribution in [1.82, 2.24) is 10.0 Å². The molecule has 0 radical (unpaired) electrons. The molecule has 2 saturated heterocycles. The molecule has 29 heavy (non-hydrogen) atoms. The number of fused-ring (bicyclic) bond motifs is 2. The molecule has 2 aromatic rings. The second-order valence-electron chi connectivity index (χ2n) is 7.76. The summed E-state index contributed by atoms with van der Waals surface area (Å²) in [5, 5.41) is 3.39. The Morgan fingerprint density at radius 1 is 1.10 bits per heavy atom. The molecule has 4 nitrogen and oxygen atoms in total. The number of rotatable bonds is 5. The molecule has 9 heteroatoms. The van der Waals surface area contributed by atoms with Gasteiger partial charge in [0.15, 0.2) is 0 Å². The number of nitrogens with one attached hydrogen (secondary N) is 2. The number of sulfonamides is 1.